The first kappa shape index (κ1) is 22.7. The van der Waals surface area contributed by atoms with Crippen molar-refractivity contribution in [2.45, 2.75) is 12.8 Å². The Kier molecular flexibility index (Phi) is 6.28. The van der Waals surface area contributed by atoms with E-state index in [1.807, 2.05) is 48.5 Å². The van der Waals surface area contributed by atoms with Gasteiger partial charge in [0.05, 0.1) is 12.3 Å². The lowest BCUT2D eigenvalue weighted by Crippen LogP contribution is -2.01. The predicted molar refractivity (Wildman–Crippen MR) is 124 cm³/mol. The van der Waals surface area contributed by atoms with E-state index in [9.17, 15) is 28.7 Å². The zero-order chi connectivity index (χ0) is 22.9. The zero-order valence-corrected chi connectivity index (χ0v) is 18.8. The Labute approximate surface area is 184 Å². The molecule has 0 radical (unpaired) electrons. The van der Waals surface area contributed by atoms with Crippen molar-refractivity contribution in [1.29, 1.82) is 0 Å². The van der Waals surface area contributed by atoms with Gasteiger partial charge in [0, 0.05) is 58.5 Å². The van der Waals surface area contributed by atoms with Gasteiger partial charge < -0.3 is 19.6 Å². The average Bonchev–Trinajstić information content (AvgIpc) is 2.75. The van der Waals surface area contributed by atoms with E-state index in [4.69, 9.17) is 0 Å². The molecular weight excluding hydrogens is 450 g/mol. The number of aryl methyl sites for hydroxylation is 2. The van der Waals surface area contributed by atoms with Crippen molar-refractivity contribution in [3.8, 4) is 11.1 Å². The molecule has 4 N–H and O–H groups in total. The molecule has 0 fully saturated rings. The summed E-state index contributed by atoms with van der Waals surface area (Å²) in [6.45, 7) is 0. The minimum absolute atomic E-state index is 0.158. The predicted octanol–water partition coefficient (Wildman–Crippen LogP) is 3.89. The van der Waals surface area contributed by atoms with Crippen LogP contribution in [0, 0.1) is 0 Å². The molecule has 4 rings (SSSR count). The summed E-state index contributed by atoms with van der Waals surface area (Å²) in [7, 11) is -8.28. The average molecular weight is 472 g/mol. The molecule has 0 aliphatic carbocycles. The third-order valence-electron chi connectivity index (χ3n) is 5.33. The van der Waals surface area contributed by atoms with E-state index in [0.29, 0.717) is 11.4 Å². The van der Waals surface area contributed by atoms with Crippen molar-refractivity contribution in [2.75, 3.05) is 12.3 Å². The number of pyridine rings is 2. The highest BCUT2D eigenvalue weighted by molar-refractivity contribution is 7.52. The fourth-order valence-corrected chi connectivity index (χ4v) is 4.84. The molecular formula is C22H22N2O6P2. The molecule has 0 aliphatic heterocycles. The number of aromatic nitrogens is 2. The highest BCUT2D eigenvalue weighted by Crippen LogP contribution is 2.39. The Hall–Kier alpha value is -2.44. The van der Waals surface area contributed by atoms with Gasteiger partial charge in [0.25, 0.3) is 0 Å². The van der Waals surface area contributed by atoms with Gasteiger partial charge in [-0.25, -0.2) is 0 Å². The monoisotopic (exact) mass is 472 g/mol. The molecule has 8 nitrogen and oxygen atoms in total. The number of nitrogens with zero attached hydrogens (tertiary/aromatic N) is 2. The minimum Gasteiger partial charge on any atom is -0.324 e. The van der Waals surface area contributed by atoms with Crippen molar-refractivity contribution >= 4 is 36.7 Å². The summed E-state index contributed by atoms with van der Waals surface area (Å²) in [4.78, 5) is 46.0. The summed E-state index contributed by atoms with van der Waals surface area (Å²) in [6.07, 6.45) is 3.15. The summed E-state index contributed by atoms with van der Waals surface area (Å²) in [5.41, 5.74) is 2.88. The molecule has 0 atom stereocenters. The number of hydrogen-bond donors (Lipinski definition) is 4. The molecule has 2 aromatic carbocycles. The van der Waals surface area contributed by atoms with E-state index in [2.05, 4.69) is 9.97 Å². The largest absolute Gasteiger partial charge is 0.325 e. The summed E-state index contributed by atoms with van der Waals surface area (Å²) in [5.74, 6) is 0. The maximum Gasteiger partial charge on any atom is 0.325 e. The first-order valence-electron chi connectivity index (χ1n) is 9.95. The van der Waals surface area contributed by atoms with Gasteiger partial charge in [-0.15, -0.1) is 0 Å². The summed E-state index contributed by atoms with van der Waals surface area (Å²) >= 11 is 0. The van der Waals surface area contributed by atoms with E-state index < -0.39 is 15.2 Å². The van der Waals surface area contributed by atoms with E-state index in [0.717, 1.165) is 32.7 Å². The molecule has 0 saturated heterocycles. The van der Waals surface area contributed by atoms with Crippen LogP contribution in [-0.2, 0) is 22.0 Å². The van der Waals surface area contributed by atoms with E-state index >= 15 is 0 Å². The van der Waals surface area contributed by atoms with Gasteiger partial charge in [0.2, 0.25) is 0 Å². The van der Waals surface area contributed by atoms with Gasteiger partial charge in [0.1, 0.15) is 0 Å². The van der Waals surface area contributed by atoms with Crippen molar-refractivity contribution in [2.24, 2.45) is 0 Å². The molecule has 0 unspecified atom stereocenters. The van der Waals surface area contributed by atoms with Crippen molar-refractivity contribution in [1.82, 2.24) is 9.97 Å². The molecule has 0 amide bonds. The molecule has 0 bridgehead atoms. The molecule has 2 heterocycles. The zero-order valence-electron chi connectivity index (χ0n) is 17.0. The number of benzene rings is 2. The van der Waals surface area contributed by atoms with Gasteiger partial charge in [0.15, 0.2) is 0 Å². The summed E-state index contributed by atoms with van der Waals surface area (Å²) in [6, 6.07) is 15.1. The molecule has 0 spiro atoms. The third kappa shape index (κ3) is 5.13. The van der Waals surface area contributed by atoms with Crippen LogP contribution in [0.1, 0.15) is 11.4 Å². The van der Waals surface area contributed by atoms with Crippen LogP contribution in [0.3, 0.4) is 0 Å². The van der Waals surface area contributed by atoms with Crippen LogP contribution in [-0.4, -0.2) is 41.9 Å². The molecule has 0 saturated carbocycles. The Bertz CT molecular complexity index is 1290. The standard InChI is InChI=1S/C22H22N2O6P2/c25-31(26,27)11-9-21-17-7-3-1-5-15(17)19(13-23-21)20-14-24-22(10-12-32(28,29)30)18-8-4-2-6-16(18)20/h1-8,13-14H,9-12H2,(H2,25,26,27)(H2,28,29,30). The Morgan fingerprint density at radius 2 is 0.938 bits per heavy atom. The van der Waals surface area contributed by atoms with Crippen LogP contribution in [0.15, 0.2) is 60.9 Å². The first-order chi connectivity index (χ1) is 15.1. The maximum atomic E-state index is 11.3. The van der Waals surface area contributed by atoms with Crippen LogP contribution in [0.25, 0.3) is 32.7 Å². The molecule has 166 valence electrons. The molecule has 0 aliphatic rings. The van der Waals surface area contributed by atoms with Crippen LogP contribution in [0.4, 0.5) is 0 Å². The van der Waals surface area contributed by atoms with Gasteiger partial charge >= 0.3 is 15.2 Å². The highest BCUT2D eigenvalue weighted by atomic mass is 31.2. The second-order valence-electron chi connectivity index (χ2n) is 7.60. The normalized spacial score (nSPS) is 12.5. The van der Waals surface area contributed by atoms with E-state index in [1.165, 1.54) is 0 Å². The second-order valence-corrected chi connectivity index (χ2v) is 11.2. The Morgan fingerprint density at radius 3 is 1.28 bits per heavy atom. The van der Waals surface area contributed by atoms with Crippen LogP contribution in [0.2, 0.25) is 0 Å². The fourth-order valence-electron chi connectivity index (χ4n) is 3.83. The molecule has 4 aromatic rings. The molecule has 32 heavy (non-hydrogen) atoms. The van der Waals surface area contributed by atoms with E-state index in [-0.39, 0.29) is 25.2 Å². The lowest BCUT2D eigenvalue weighted by molar-refractivity contribution is 0.370. The topological polar surface area (TPSA) is 141 Å². The SMILES string of the molecule is O=P(O)(O)CCc1ncc(-c2cnc(CCP(=O)(O)O)c3ccccc23)c2ccccc12. The Balaban J connectivity index is 1.84. The summed E-state index contributed by atoms with van der Waals surface area (Å²) in [5, 5.41) is 3.40. The van der Waals surface area contributed by atoms with Gasteiger partial charge in [-0.3, -0.25) is 19.1 Å². The van der Waals surface area contributed by atoms with Crippen LogP contribution < -0.4 is 0 Å². The quantitative estimate of drug-likeness (QED) is 0.297. The van der Waals surface area contributed by atoms with Gasteiger partial charge in [-0.1, -0.05) is 48.5 Å². The van der Waals surface area contributed by atoms with Crippen molar-refractivity contribution in [3.05, 3.63) is 72.3 Å². The van der Waals surface area contributed by atoms with Crippen molar-refractivity contribution in [3.63, 3.8) is 0 Å². The second kappa shape index (κ2) is 8.83. The van der Waals surface area contributed by atoms with Crippen LogP contribution in [0.5, 0.6) is 0 Å². The highest BCUT2D eigenvalue weighted by Gasteiger charge is 2.18. The molecule has 2 aromatic heterocycles. The third-order valence-corrected chi connectivity index (χ3v) is 6.94. The fraction of sp³-hybridized carbons (Fsp3) is 0.182. The van der Waals surface area contributed by atoms with Crippen LogP contribution >= 0.6 is 15.2 Å². The number of hydrogen-bond acceptors (Lipinski definition) is 4. The van der Waals surface area contributed by atoms with Gasteiger partial charge in [-0.2, -0.15) is 0 Å². The smallest absolute Gasteiger partial charge is 0.324 e. The van der Waals surface area contributed by atoms with Gasteiger partial charge in [-0.05, 0) is 10.8 Å². The lowest BCUT2D eigenvalue weighted by Gasteiger charge is -2.14. The number of fused-ring (bicyclic) bond motifs is 2. The maximum absolute atomic E-state index is 11.3. The lowest BCUT2D eigenvalue weighted by atomic mass is 9.95. The summed E-state index contributed by atoms with van der Waals surface area (Å²) < 4.78 is 22.7. The minimum atomic E-state index is -4.14. The van der Waals surface area contributed by atoms with Crippen molar-refractivity contribution < 1.29 is 28.7 Å². The first-order valence-corrected chi connectivity index (χ1v) is 13.5. The Morgan fingerprint density at radius 1 is 0.594 bits per heavy atom. The molecule has 10 heteroatoms. The number of rotatable bonds is 7. The van der Waals surface area contributed by atoms with E-state index in [1.54, 1.807) is 12.4 Å².